The summed E-state index contributed by atoms with van der Waals surface area (Å²) in [6, 6.07) is 4.03. The summed E-state index contributed by atoms with van der Waals surface area (Å²) >= 11 is 0. The monoisotopic (exact) mass is 540 g/mol. The van der Waals surface area contributed by atoms with Crippen molar-refractivity contribution in [3.8, 4) is 0 Å². The highest BCUT2D eigenvalue weighted by molar-refractivity contribution is 5.94. The number of carbonyl (C=O) groups excluding carboxylic acids is 4. The van der Waals surface area contributed by atoms with E-state index in [9.17, 15) is 29.1 Å². The third kappa shape index (κ3) is 7.65. The largest absolute Gasteiger partial charge is 0.480 e. The number of carboxylic acid groups (broad SMARTS) is 1. The molecule has 39 heavy (non-hydrogen) atoms. The molecule has 1 aromatic heterocycles. The summed E-state index contributed by atoms with van der Waals surface area (Å²) in [4.78, 5) is 68.9. The van der Waals surface area contributed by atoms with E-state index >= 15 is 0 Å². The van der Waals surface area contributed by atoms with Crippen LogP contribution in [-0.4, -0.2) is 67.3 Å². The summed E-state index contributed by atoms with van der Waals surface area (Å²) < 4.78 is 1.72. The highest BCUT2D eigenvalue weighted by Crippen LogP contribution is 2.28. The molecule has 1 aliphatic rings. The zero-order valence-corrected chi connectivity index (χ0v) is 22.6. The lowest BCUT2D eigenvalue weighted by molar-refractivity contribution is -0.148. The van der Waals surface area contributed by atoms with Crippen LogP contribution in [0.5, 0.6) is 0 Å². The highest BCUT2D eigenvalue weighted by atomic mass is 16.4. The van der Waals surface area contributed by atoms with E-state index in [2.05, 4.69) is 15.6 Å². The van der Waals surface area contributed by atoms with Crippen LogP contribution in [0.2, 0.25) is 0 Å². The number of aryl methyl sites for hydroxylation is 1. The van der Waals surface area contributed by atoms with Gasteiger partial charge in [-0.05, 0) is 23.0 Å². The molecule has 3 rings (SSSR count). The van der Waals surface area contributed by atoms with Gasteiger partial charge in [0.25, 0.3) is 0 Å². The first-order valence-corrected chi connectivity index (χ1v) is 12.7. The molecule has 5 N–H and O–H groups in total. The summed E-state index contributed by atoms with van der Waals surface area (Å²) in [5.74, 6) is -3.52. The molecule has 4 amide bonds. The Hall–Kier alpha value is -4.22. The number of fused-ring (bicyclic) bond motifs is 1. The Balaban J connectivity index is 1.88. The van der Waals surface area contributed by atoms with Crippen LogP contribution in [-0.2, 0) is 50.4 Å². The van der Waals surface area contributed by atoms with Crippen molar-refractivity contribution in [3.05, 3.63) is 53.6 Å². The van der Waals surface area contributed by atoms with Gasteiger partial charge < -0.3 is 30.9 Å². The molecule has 1 aromatic carbocycles. The number of carbonyl (C=O) groups is 5. The standard InChI is InChI=1S/C27H36N6O6/c1-27(2,3)23(31-22(35)12-18-14-32(4)15-29-18)25(37)33-13-17-8-6-5-7-16(17)11-20(33)24(36)30-19(26(38)39)9-10-21(28)34/h5-8,14-15,19-20,23H,9-13H2,1-4H3,(H2,28,34)(H,30,36)(H,31,35)(H,38,39)/t19-,20?,23-/m1/s1. The fourth-order valence-corrected chi connectivity index (χ4v) is 4.55. The van der Waals surface area contributed by atoms with Gasteiger partial charge in [0.15, 0.2) is 0 Å². The molecular weight excluding hydrogens is 504 g/mol. The van der Waals surface area contributed by atoms with Crippen LogP contribution in [0.4, 0.5) is 0 Å². The van der Waals surface area contributed by atoms with E-state index in [1.807, 2.05) is 45.0 Å². The van der Waals surface area contributed by atoms with Crippen molar-refractivity contribution in [2.24, 2.45) is 18.2 Å². The van der Waals surface area contributed by atoms with E-state index in [1.165, 1.54) is 4.90 Å². The van der Waals surface area contributed by atoms with E-state index in [4.69, 9.17) is 5.73 Å². The molecular formula is C27H36N6O6. The molecule has 0 radical (unpaired) electrons. The van der Waals surface area contributed by atoms with Gasteiger partial charge in [0.05, 0.1) is 18.4 Å². The van der Waals surface area contributed by atoms with Crippen molar-refractivity contribution in [2.45, 2.75) is 71.1 Å². The van der Waals surface area contributed by atoms with Gasteiger partial charge in [-0.25, -0.2) is 9.78 Å². The fraction of sp³-hybridized carbons (Fsp3) is 0.481. The molecule has 12 nitrogen and oxygen atoms in total. The van der Waals surface area contributed by atoms with E-state index in [-0.39, 0.29) is 32.2 Å². The number of aromatic nitrogens is 2. The number of primary amides is 1. The molecule has 2 aromatic rings. The van der Waals surface area contributed by atoms with Crippen LogP contribution in [0.15, 0.2) is 36.8 Å². The minimum Gasteiger partial charge on any atom is -0.480 e. The molecule has 0 saturated carbocycles. The van der Waals surface area contributed by atoms with Crippen molar-refractivity contribution in [1.82, 2.24) is 25.1 Å². The molecule has 0 saturated heterocycles. The average Bonchev–Trinajstić information content (AvgIpc) is 3.26. The molecule has 0 spiro atoms. The molecule has 3 atom stereocenters. The molecule has 0 aliphatic carbocycles. The Morgan fingerprint density at radius 2 is 1.79 bits per heavy atom. The lowest BCUT2D eigenvalue weighted by Gasteiger charge is -2.41. The van der Waals surface area contributed by atoms with Crippen molar-refractivity contribution < 1.29 is 29.1 Å². The molecule has 0 bridgehead atoms. The summed E-state index contributed by atoms with van der Waals surface area (Å²) in [5, 5.41) is 14.9. The van der Waals surface area contributed by atoms with Gasteiger partial charge in [-0.2, -0.15) is 0 Å². The maximum absolute atomic E-state index is 14.0. The van der Waals surface area contributed by atoms with Gasteiger partial charge in [-0.3, -0.25) is 19.2 Å². The van der Waals surface area contributed by atoms with E-state index in [0.29, 0.717) is 5.69 Å². The maximum atomic E-state index is 14.0. The number of nitrogens with one attached hydrogen (secondary N) is 2. The van der Waals surface area contributed by atoms with Gasteiger partial charge >= 0.3 is 5.97 Å². The van der Waals surface area contributed by atoms with Gasteiger partial charge in [0.1, 0.15) is 18.1 Å². The number of hydrogen-bond acceptors (Lipinski definition) is 6. The minimum absolute atomic E-state index is 0.0202. The average molecular weight is 541 g/mol. The SMILES string of the molecule is Cn1cnc(CC(=O)N[C@H](C(=O)N2Cc3ccccc3CC2C(=O)N[C@H](CCC(N)=O)C(=O)O)C(C)(C)C)c1. The summed E-state index contributed by atoms with van der Waals surface area (Å²) in [7, 11) is 1.79. The number of nitrogens with zero attached hydrogens (tertiary/aromatic N) is 3. The third-order valence-electron chi connectivity index (χ3n) is 6.65. The minimum atomic E-state index is -1.35. The fourth-order valence-electron chi connectivity index (χ4n) is 4.55. The topological polar surface area (TPSA) is 177 Å². The van der Waals surface area contributed by atoms with Crippen molar-refractivity contribution in [3.63, 3.8) is 0 Å². The number of nitrogens with two attached hydrogens (primary N) is 1. The predicted octanol–water partition coefficient (Wildman–Crippen LogP) is 0.282. The van der Waals surface area contributed by atoms with Crippen LogP contribution in [0.3, 0.4) is 0 Å². The zero-order valence-electron chi connectivity index (χ0n) is 22.6. The van der Waals surface area contributed by atoms with Gasteiger partial charge in [0, 0.05) is 32.6 Å². The first-order valence-electron chi connectivity index (χ1n) is 12.7. The van der Waals surface area contributed by atoms with Crippen molar-refractivity contribution in [1.29, 1.82) is 0 Å². The number of aliphatic carboxylic acids is 1. The summed E-state index contributed by atoms with van der Waals surface area (Å²) in [6.45, 7) is 5.55. The first-order chi connectivity index (χ1) is 18.3. The van der Waals surface area contributed by atoms with Gasteiger partial charge in [-0.15, -0.1) is 0 Å². The summed E-state index contributed by atoms with van der Waals surface area (Å²) in [6.07, 6.45) is 3.04. The molecule has 12 heteroatoms. The quantitative estimate of drug-likeness (QED) is 0.334. The number of carboxylic acids is 1. The number of rotatable bonds is 10. The number of amides is 4. The van der Waals surface area contributed by atoms with Gasteiger partial charge in [-0.1, -0.05) is 45.0 Å². The normalized spacial score (nSPS) is 16.5. The van der Waals surface area contributed by atoms with Crippen LogP contribution in [0.25, 0.3) is 0 Å². The van der Waals surface area contributed by atoms with E-state index < -0.39 is 53.1 Å². The molecule has 0 fully saturated rings. The Morgan fingerprint density at radius 1 is 1.13 bits per heavy atom. The molecule has 1 unspecified atom stereocenters. The second kappa shape index (κ2) is 12.1. The Morgan fingerprint density at radius 3 is 2.36 bits per heavy atom. The third-order valence-corrected chi connectivity index (χ3v) is 6.65. The van der Waals surface area contributed by atoms with E-state index in [1.54, 1.807) is 24.1 Å². The zero-order chi connectivity index (χ0) is 28.9. The van der Waals surface area contributed by atoms with E-state index in [0.717, 1.165) is 11.1 Å². The van der Waals surface area contributed by atoms with Crippen LogP contribution in [0.1, 0.15) is 50.4 Å². The Kier molecular flexibility index (Phi) is 9.10. The Labute approximate surface area is 226 Å². The lowest BCUT2D eigenvalue weighted by atomic mass is 9.84. The van der Waals surface area contributed by atoms with Crippen LogP contribution < -0.4 is 16.4 Å². The van der Waals surface area contributed by atoms with Crippen molar-refractivity contribution in [2.75, 3.05) is 0 Å². The number of benzene rings is 1. The number of imidazole rings is 1. The van der Waals surface area contributed by atoms with Crippen LogP contribution >= 0.6 is 0 Å². The summed E-state index contributed by atoms with van der Waals surface area (Å²) in [5.41, 5.74) is 6.71. The molecule has 2 heterocycles. The second-order valence-electron chi connectivity index (χ2n) is 10.9. The van der Waals surface area contributed by atoms with Crippen LogP contribution in [0, 0.1) is 5.41 Å². The van der Waals surface area contributed by atoms with Crippen molar-refractivity contribution >= 4 is 29.6 Å². The molecule has 1 aliphatic heterocycles. The lowest BCUT2D eigenvalue weighted by Crippen LogP contribution is -2.61. The molecule has 210 valence electrons. The smallest absolute Gasteiger partial charge is 0.326 e. The second-order valence-corrected chi connectivity index (χ2v) is 10.9. The predicted molar refractivity (Wildman–Crippen MR) is 141 cm³/mol. The van der Waals surface area contributed by atoms with Gasteiger partial charge in [0.2, 0.25) is 23.6 Å². The first kappa shape index (κ1) is 29.3. The number of hydrogen-bond donors (Lipinski definition) is 4. The maximum Gasteiger partial charge on any atom is 0.326 e. The Bertz CT molecular complexity index is 1250. The highest BCUT2D eigenvalue weighted by Gasteiger charge is 2.42.